The predicted molar refractivity (Wildman–Crippen MR) is 77.2 cm³/mol. The first-order chi connectivity index (χ1) is 9.91. The highest BCUT2D eigenvalue weighted by Gasteiger charge is 2.24. The molecule has 0 bridgehead atoms. The molecule has 1 atom stereocenters. The molecule has 1 aromatic carbocycles. The minimum absolute atomic E-state index is 0.0886. The number of hydrogen-bond acceptors (Lipinski definition) is 3. The molecule has 1 N–H and O–H groups in total. The van der Waals surface area contributed by atoms with Crippen molar-refractivity contribution in [2.75, 3.05) is 18.5 Å². The lowest BCUT2D eigenvalue weighted by atomic mass is 10.1. The second-order valence-electron chi connectivity index (χ2n) is 5.13. The van der Waals surface area contributed by atoms with Crippen molar-refractivity contribution in [1.82, 2.24) is 4.90 Å². The van der Waals surface area contributed by atoms with Crippen LogP contribution in [-0.2, 0) is 9.59 Å². The summed E-state index contributed by atoms with van der Waals surface area (Å²) in [6, 6.07) is 5.78. The number of carbonyl (C=O) groups is 3. The zero-order chi connectivity index (χ0) is 15.6. The van der Waals surface area contributed by atoms with Crippen molar-refractivity contribution in [2.24, 2.45) is 0 Å². The highest BCUT2D eigenvalue weighted by atomic mass is 16.4. The summed E-state index contributed by atoms with van der Waals surface area (Å²) in [5, 5.41) is 8.93. The molecule has 1 aromatic rings. The molecule has 0 spiro atoms. The Morgan fingerprint density at radius 3 is 2.38 bits per heavy atom. The topological polar surface area (TPSA) is 77.9 Å². The molecular weight excluding hydrogens is 272 g/mol. The first-order valence-corrected chi connectivity index (χ1v) is 6.82. The number of carboxylic acids is 1. The number of hydrogen-bond donors (Lipinski definition) is 1. The van der Waals surface area contributed by atoms with Gasteiger partial charge in [-0.2, -0.15) is 0 Å². The highest BCUT2D eigenvalue weighted by Crippen LogP contribution is 2.22. The van der Waals surface area contributed by atoms with Gasteiger partial charge in [0.2, 0.25) is 5.91 Å². The number of rotatable bonds is 4. The number of benzene rings is 1. The van der Waals surface area contributed by atoms with Crippen LogP contribution in [0.4, 0.5) is 5.69 Å². The molecular formula is C15H18N2O4. The van der Waals surface area contributed by atoms with Crippen LogP contribution in [0.1, 0.15) is 30.1 Å². The SMILES string of the molecule is C[C@@H](C(=O)O)N(C)C(=O)c1ccc(N2CCCC2=O)cc1. The predicted octanol–water partition coefficient (Wildman–Crippen LogP) is 1.36. The van der Waals surface area contributed by atoms with E-state index in [1.54, 1.807) is 29.2 Å². The monoisotopic (exact) mass is 290 g/mol. The molecule has 1 saturated heterocycles. The summed E-state index contributed by atoms with van der Waals surface area (Å²) in [7, 11) is 1.46. The van der Waals surface area contributed by atoms with Crippen LogP contribution < -0.4 is 4.90 Å². The van der Waals surface area contributed by atoms with Crippen molar-refractivity contribution in [1.29, 1.82) is 0 Å². The number of nitrogens with zero attached hydrogens (tertiary/aromatic N) is 2. The average molecular weight is 290 g/mol. The number of carboxylic acid groups (broad SMARTS) is 1. The van der Waals surface area contributed by atoms with E-state index in [0.717, 1.165) is 12.1 Å². The van der Waals surface area contributed by atoms with Crippen molar-refractivity contribution < 1.29 is 19.5 Å². The number of anilines is 1. The Kier molecular flexibility index (Phi) is 4.26. The molecule has 1 heterocycles. The van der Waals surface area contributed by atoms with E-state index in [0.29, 0.717) is 18.5 Å². The summed E-state index contributed by atoms with van der Waals surface area (Å²) < 4.78 is 0. The van der Waals surface area contributed by atoms with E-state index in [4.69, 9.17) is 5.11 Å². The van der Waals surface area contributed by atoms with Crippen LogP contribution in [0.5, 0.6) is 0 Å². The lowest BCUT2D eigenvalue weighted by Crippen LogP contribution is -2.40. The van der Waals surface area contributed by atoms with Gasteiger partial charge in [-0.3, -0.25) is 9.59 Å². The van der Waals surface area contributed by atoms with Crippen LogP contribution in [0.3, 0.4) is 0 Å². The van der Waals surface area contributed by atoms with Gasteiger partial charge in [0.1, 0.15) is 6.04 Å². The smallest absolute Gasteiger partial charge is 0.326 e. The summed E-state index contributed by atoms with van der Waals surface area (Å²) in [4.78, 5) is 37.6. The Bertz CT molecular complexity index is 568. The van der Waals surface area contributed by atoms with Gasteiger partial charge in [0, 0.05) is 31.3 Å². The molecule has 1 fully saturated rings. The van der Waals surface area contributed by atoms with Gasteiger partial charge in [-0.15, -0.1) is 0 Å². The average Bonchev–Trinajstić information content (AvgIpc) is 2.91. The van der Waals surface area contributed by atoms with Crippen LogP contribution in [-0.4, -0.2) is 47.4 Å². The third kappa shape index (κ3) is 3.04. The van der Waals surface area contributed by atoms with Gasteiger partial charge in [-0.05, 0) is 37.6 Å². The summed E-state index contributed by atoms with van der Waals surface area (Å²) in [6.45, 7) is 2.15. The van der Waals surface area contributed by atoms with Gasteiger partial charge < -0.3 is 14.9 Å². The molecule has 0 saturated carbocycles. The number of amides is 2. The van der Waals surface area contributed by atoms with Crippen molar-refractivity contribution in [3.8, 4) is 0 Å². The number of carbonyl (C=O) groups excluding carboxylic acids is 2. The molecule has 112 valence electrons. The molecule has 6 heteroatoms. The first-order valence-electron chi connectivity index (χ1n) is 6.82. The second-order valence-corrected chi connectivity index (χ2v) is 5.13. The fraction of sp³-hybridized carbons (Fsp3) is 0.400. The molecule has 0 unspecified atom stereocenters. The van der Waals surface area contributed by atoms with E-state index in [9.17, 15) is 14.4 Å². The highest BCUT2D eigenvalue weighted by molar-refractivity contribution is 5.98. The summed E-state index contributed by atoms with van der Waals surface area (Å²) in [6.07, 6.45) is 1.40. The quantitative estimate of drug-likeness (QED) is 0.908. The lowest BCUT2D eigenvalue weighted by molar-refractivity contribution is -0.141. The summed E-state index contributed by atoms with van der Waals surface area (Å²) in [5.41, 5.74) is 1.17. The standard InChI is InChI=1S/C15H18N2O4/c1-10(15(20)21)16(2)14(19)11-5-7-12(8-6-11)17-9-3-4-13(17)18/h5-8,10H,3-4,9H2,1-2H3,(H,20,21)/t10-/m0/s1. The van der Waals surface area contributed by atoms with Gasteiger partial charge in [0.25, 0.3) is 5.91 Å². The van der Waals surface area contributed by atoms with E-state index in [-0.39, 0.29) is 11.8 Å². The van der Waals surface area contributed by atoms with Gasteiger partial charge in [0.15, 0.2) is 0 Å². The molecule has 1 aliphatic heterocycles. The third-order valence-electron chi connectivity index (χ3n) is 3.76. The molecule has 0 aromatic heterocycles. The van der Waals surface area contributed by atoms with E-state index in [1.807, 2.05) is 0 Å². The van der Waals surface area contributed by atoms with Gasteiger partial charge in [0.05, 0.1) is 0 Å². The van der Waals surface area contributed by atoms with Gasteiger partial charge in [-0.25, -0.2) is 4.79 Å². The van der Waals surface area contributed by atoms with Crippen molar-refractivity contribution in [3.63, 3.8) is 0 Å². The summed E-state index contributed by atoms with van der Waals surface area (Å²) in [5.74, 6) is -1.32. The fourth-order valence-corrected chi connectivity index (χ4v) is 2.25. The molecule has 2 amide bonds. The minimum Gasteiger partial charge on any atom is -0.480 e. The largest absolute Gasteiger partial charge is 0.480 e. The zero-order valence-electron chi connectivity index (χ0n) is 12.1. The first kappa shape index (κ1) is 15.0. The zero-order valence-corrected chi connectivity index (χ0v) is 12.1. The fourth-order valence-electron chi connectivity index (χ4n) is 2.25. The van der Waals surface area contributed by atoms with E-state index in [2.05, 4.69) is 0 Å². The Balaban J connectivity index is 2.13. The normalized spacial score (nSPS) is 15.9. The Morgan fingerprint density at radius 1 is 1.29 bits per heavy atom. The van der Waals surface area contributed by atoms with E-state index >= 15 is 0 Å². The maximum absolute atomic E-state index is 12.2. The lowest BCUT2D eigenvalue weighted by Gasteiger charge is -2.22. The van der Waals surface area contributed by atoms with Crippen LogP contribution >= 0.6 is 0 Å². The van der Waals surface area contributed by atoms with Crippen molar-refractivity contribution >= 4 is 23.5 Å². The van der Waals surface area contributed by atoms with E-state index < -0.39 is 12.0 Å². The minimum atomic E-state index is -1.05. The molecule has 0 aliphatic carbocycles. The van der Waals surface area contributed by atoms with Crippen LogP contribution in [0.25, 0.3) is 0 Å². The van der Waals surface area contributed by atoms with Crippen LogP contribution in [0.2, 0.25) is 0 Å². The molecule has 1 aliphatic rings. The Labute approximate surface area is 123 Å². The van der Waals surface area contributed by atoms with Gasteiger partial charge in [-0.1, -0.05) is 0 Å². The van der Waals surface area contributed by atoms with Crippen molar-refractivity contribution in [3.05, 3.63) is 29.8 Å². The maximum atomic E-state index is 12.2. The van der Waals surface area contributed by atoms with Crippen molar-refractivity contribution in [2.45, 2.75) is 25.8 Å². The van der Waals surface area contributed by atoms with Gasteiger partial charge >= 0.3 is 5.97 Å². The number of aliphatic carboxylic acids is 1. The third-order valence-corrected chi connectivity index (χ3v) is 3.76. The second kappa shape index (κ2) is 5.95. The van der Waals surface area contributed by atoms with Crippen LogP contribution in [0.15, 0.2) is 24.3 Å². The Morgan fingerprint density at radius 2 is 1.90 bits per heavy atom. The Hall–Kier alpha value is -2.37. The summed E-state index contributed by atoms with van der Waals surface area (Å²) >= 11 is 0. The molecule has 2 rings (SSSR count). The van der Waals surface area contributed by atoms with E-state index in [1.165, 1.54) is 18.9 Å². The van der Waals surface area contributed by atoms with Crippen LogP contribution in [0, 0.1) is 0 Å². The molecule has 21 heavy (non-hydrogen) atoms. The maximum Gasteiger partial charge on any atom is 0.326 e. The molecule has 0 radical (unpaired) electrons. The molecule has 6 nitrogen and oxygen atoms in total. The number of likely N-dealkylation sites (N-methyl/N-ethyl adjacent to an activating group) is 1.